The Morgan fingerprint density at radius 2 is 1.78 bits per heavy atom. The normalized spacial score (nSPS) is 16.2. The maximum atomic E-state index is 9.40. The van der Waals surface area contributed by atoms with Gasteiger partial charge in [0.15, 0.2) is 0 Å². The first-order valence-corrected chi connectivity index (χ1v) is 13.2. The van der Waals surface area contributed by atoms with Gasteiger partial charge in [0.2, 0.25) is 5.95 Å². The van der Waals surface area contributed by atoms with Gasteiger partial charge in [-0.25, -0.2) is 9.97 Å². The predicted octanol–water partition coefficient (Wildman–Crippen LogP) is 6.74. The minimum absolute atomic E-state index is 0.0731. The number of aromatic nitrogens is 2. The average molecular weight is 515 g/mol. The first-order valence-electron chi connectivity index (χ1n) is 12.8. The molecule has 1 saturated heterocycles. The van der Waals surface area contributed by atoms with Crippen molar-refractivity contribution in [2.24, 2.45) is 0 Å². The van der Waals surface area contributed by atoms with Gasteiger partial charge in [-0.05, 0) is 71.2 Å². The van der Waals surface area contributed by atoms with E-state index in [1.54, 1.807) is 18.5 Å². The van der Waals surface area contributed by atoms with E-state index < -0.39 is 0 Å². The van der Waals surface area contributed by atoms with Gasteiger partial charge in [-0.2, -0.15) is 0 Å². The largest absolute Gasteiger partial charge is 0.397 e. The Balaban J connectivity index is 1.88. The van der Waals surface area contributed by atoms with E-state index in [4.69, 9.17) is 17.3 Å². The van der Waals surface area contributed by atoms with E-state index in [1.807, 2.05) is 12.1 Å². The molecule has 2 aromatic carbocycles. The molecule has 3 aromatic rings. The molecule has 0 amide bonds. The van der Waals surface area contributed by atoms with Gasteiger partial charge in [0, 0.05) is 36.6 Å². The van der Waals surface area contributed by atoms with Crippen molar-refractivity contribution < 1.29 is 5.11 Å². The lowest BCUT2D eigenvalue weighted by atomic mass is 9.86. The number of nitrogen functional groups attached to an aromatic ring is 1. The number of nitrogens with two attached hydrogens (primary N) is 1. The molecule has 0 unspecified atom stereocenters. The van der Waals surface area contributed by atoms with Crippen molar-refractivity contribution >= 4 is 41.0 Å². The highest BCUT2D eigenvalue weighted by molar-refractivity contribution is 6.33. The summed E-state index contributed by atoms with van der Waals surface area (Å²) in [4.78, 5) is 11.2. The van der Waals surface area contributed by atoms with Crippen LogP contribution in [0.4, 0.5) is 11.6 Å². The predicted molar refractivity (Wildman–Crippen MR) is 157 cm³/mol. The molecule has 0 radical (unpaired) electrons. The van der Waals surface area contributed by atoms with Gasteiger partial charge in [0.05, 0.1) is 17.3 Å². The van der Waals surface area contributed by atoms with Crippen molar-refractivity contribution in [2.75, 3.05) is 23.7 Å². The molecule has 1 aromatic heterocycles. The topological polar surface area (TPSA) is 75.3 Å². The Hall–Kier alpha value is -3.41. The molecule has 0 atom stereocenters. The number of anilines is 2. The highest BCUT2D eigenvalue weighted by atomic mass is 35.5. The van der Waals surface area contributed by atoms with Crippen LogP contribution in [0.15, 0.2) is 60.5 Å². The number of halogens is 1. The molecular formula is C31H35ClN4O. The molecule has 5 nitrogen and oxygen atoms in total. The molecular weight excluding hydrogens is 480 g/mol. The zero-order valence-corrected chi connectivity index (χ0v) is 22.6. The van der Waals surface area contributed by atoms with Gasteiger partial charge < -0.3 is 15.7 Å². The summed E-state index contributed by atoms with van der Waals surface area (Å²) in [6.07, 6.45) is 10.4. The van der Waals surface area contributed by atoms with E-state index in [1.165, 1.54) is 27.8 Å². The average Bonchev–Trinajstić information content (AvgIpc) is 2.94. The Labute approximate surface area is 225 Å². The van der Waals surface area contributed by atoms with Crippen molar-refractivity contribution in [3.8, 4) is 0 Å². The summed E-state index contributed by atoms with van der Waals surface area (Å²) < 4.78 is 0. The van der Waals surface area contributed by atoms with Crippen molar-refractivity contribution in [3.05, 3.63) is 98.9 Å². The molecule has 1 fully saturated rings. The van der Waals surface area contributed by atoms with Gasteiger partial charge in [-0.15, -0.1) is 0 Å². The van der Waals surface area contributed by atoms with Gasteiger partial charge in [0.25, 0.3) is 0 Å². The Morgan fingerprint density at radius 1 is 1.11 bits per heavy atom. The third-order valence-corrected chi connectivity index (χ3v) is 7.54. The fraction of sp³-hybridized carbons (Fsp3) is 0.290. The molecule has 2 heterocycles. The molecule has 1 aliphatic heterocycles. The summed E-state index contributed by atoms with van der Waals surface area (Å²) in [7, 11) is 0. The lowest BCUT2D eigenvalue weighted by Crippen LogP contribution is -2.34. The summed E-state index contributed by atoms with van der Waals surface area (Å²) in [6.45, 7) is 12.0. The monoisotopic (exact) mass is 514 g/mol. The summed E-state index contributed by atoms with van der Waals surface area (Å²) in [5.41, 5.74) is 17.2. The molecule has 37 heavy (non-hydrogen) atoms. The lowest BCUT2D eigenvalue weighted by molar-refractivity contribution is 0.281. The summed E-state index contributed by atoms with van der Waals surface area (Å²) in [6, 6.07) is 10.5. The zero-order chi connectivity index (χ0) is 26.5. The minimum Gasteiger partial charge on any atom is -0.397 e. The second-order valence-electron chi connectivity index (χ2n) is 9.32. The molecule has 0 spiro atoms. The quantitative estimate of drug-likeness (QED) is 0.341. The minimum atomic E-state index is -0.0731. The van der Waals surface area contributed by atoms with Crippen LogP contribution in [-0.4, -0.2) is 28.2 Å². The smallest absolute Gasteiger partial charge is 0.225 e. The van der Waals surface area contributed by atoms with Gasteiger partial charge in [-0.3, -0.25) is 0 Å². The highest BCUT2D eigenvalue weighted by Gasteiger charge is 2.24. The molecule has 0 aliphatic carbocycles. The first kappa shape index (κ1) is 26.6. The number of aliphatic hydroxyl groups excluding tert-OH is 1. The van der Waals surface area contributed by atoms with Crippen LogP contribution in [0.5, 0.6) is 0 Å². The maximum Gasteiger partial charge on any atom is 0.225 e. The number of rotatable bonds is 7. The molecule has 6 heteroatoms. The van der Waals surface area contributed by atoms with E-state index in [0.29, 0.717) is 28.8 Å². The number of aliphatic hydroxyl groups is 1. The zero-order valence-electron chi connectivity index (χ0n) is 21.9. The van der Waals surface area contributed by atoms with E-state index in [0.717, 1.165) is 42.5 Å². The number of nitrogens with zero attached hydrogens (tertiary/aromatic N) is 3. The van der Waals surface area contributed by atoms with Crippen molar-refractivity contribution in [3.63, 3.8) is 0 Å². The first-order chi connectivity index (χ1) is 17.9. The number of aryl methyl sites for hydroxylation is 2. The summed E-state index contributed by atoms with van der Waals surface area (Å²) in [5, 5.41) is 9.92. The fourth-order valence-electron chi connectivity index (χ4n) is 5.02. The second kappa shape index (κ2) is 11.8. The van der Waals surface area contributed by atoms with E-state index in [9.17, 15) is 5.11 Å². The fourth-order valence-corrected chi connectivity index (χ4v) is 5.19. The van der Waals surface area contributed by atoms with Gasteiger partial charge >= 0.3 is 0 Å². The van der Waals surface area contributed by atoms with Gasteiger partial charge in [0.1, 0.15) is 0 Å². The van der Waals surface area contributed by atoms with E-state index in [2.05, 4.69) is 66.5 Å². The van der Waals surface area contributed by atoms with E-state index in [-0.39, 0.29) is 6.61 Å². The molecule has 4 rings (SSSR count). The van der Waals surface area contributed by atoms with Crippen LogP contribution < -0.4 is 10.6 Å². The van der Waals surface area contributed by atoms with Crippen LogP contribution in [-0.2, 0) is 19.4 Å². The summed E-state index contributed by atoms with van der Waals surface area (Å²) >= 11 is 6.34. The number of allylic oxidation sites excluding steroid dienone is 1. The number of benzene rings is 2. The maximum absolute atomic E-state index is 9.40. The summed E-state index contributed by atoms with van der Waals surface area (Å²) in [5.74, 6) is 0.657. The molecule has 3 N–H and O–H groups in total. The van der Waals surface area contributed by atoms with Crippen LogP contribution in [0.2, 0.25) is 5.02 Å². The Bertz CT molecular complexity index is 1340. The molecule has 1 aliphatic rings. The van der Waals surface area contributed by atoms with Crippen LogP contribution in [0.1, 0.15) is 60.6 Å². The number of piperidine rings is 1. The van der Waals surface area contributed by atoms with Crippen LogP contribution in [0, 0.1) is 0 Å². The van der Waals surface area contributed by atoms with Crippen molar-refractivity contribution in [1.82, 2.24) is 9.97 Å². The molecule has 192 valence electrons. The Kier molecular flexibility index (Phi) is 8.47. The van der Waals surface area contributed by atoms with Crippen LogP contribution >= 0.6 is 11.6 Å². The van der Waals surface area contributed by atoms with Crippen LogP contribution in [0.3, 0.4) is 0 Å². The third-order valence-electron chi connectivity index (χ3n) is 7.21. The van der Waals surface area contributed by atoms with Crippen molar-refractivity contribution in [2.45, 2.75) is 46.6 Å². The number of hydrogen-bond donors (Lipinski definition) is 2. The molecule has 0 bridgehead atoms. The third kappa shape index (κ3) is 5.48. The van der Waals surface area contributed by atoms with E-state index >= 15 is 0 Å². The lowest BCUT2D eigenvalue weighted by Gasteiger charge is -2.33. The second-order valence-corrected chi connectivity index (χ2v) is 9.72. The van der Waals surface area contributed by atoms with Crippen LogP contribution in [0.25, 0.3) is 17.7 Å². The number of hydrogen-bond acceptors (Lipinski definition) is 5. The standard InChI is InChI=1S/C31H35ClN4O/c1-5-22-9-8-10-23(6-2)27(22)15-24-13-14-36(31-34-16-21(19-37)17-35-31)18-28(24)20(4)26-11-12-29(32)30(33)25(26)7-3/h7-12,15-17,37H,3,5-6,13-14,18-19,33H2,1-2,4H3/b24-15?,28-20+. The SMILES string of the molecule is C=Cc1c(/C(C)=C2\CN(c3ncc(CO)cn3)CCC2=Cc2c(CC)cccc2CC)ccc(Cl)c1N. The van der Waals surface area contributed by atoms with Gasteiger partial charge in [-0.1, -0.05) is 68.4 Å². The Morgan fingerprint density at radius 3 is 2.38 bits per heavy atom. The highest BCUT2D eigenvalue weighted by Crippen LogP contribution is 2.37. The molecule has 0 saturated carbocycles. The van der Waals surface area contributed by atoms with Crippen molar-refractivity contribution in [1.29, 1.82) is 0 Å².